The van der Waals surface area contributed by atoms with Crippen LogP contribution in [0, 0.1) is 0 Å². The molecular formula is C25H32N2O4. The predicted octanol–water partition coefficient (Wildman–Crippen LogP) is 4.21. The van der Waals surface area contributed by atoms with E-state index >= 15 is 0 Å². The Morgan fingerprint density at radius 3 is 2.29 bits per heavy atom. The van der Waals surface area contributed by atoms with Crippen molar-refractivity contribution >= 4 is 17.6 Å². The molecule has 6 heteroatoms. The predicted molar refractivity (Wildman–Crippen MR) is 121 cm³/mol. The minimum Gasteiger partial charge on any atom is -0.494 e. The Morgan fingerprint density at radius 2 is 1.71 bits per heavy atom. The van der Waals surface area contributed by atoms with Crippen LogP contribution in [0.15, 0.2) is 48.5 Å². The summed E-state index contributed by atoms with van der Waals surface area (Å²) in [5.74, 6) is 0.593. The van der Waals surface area contributed by atoms with Crippen LogP contribution in [-0.4, -0.2) is 38.7 Å². The molecule has 1 amide bonds. The van der Waals surface area contributed by atoms with Gasteiger partial charge >= 0.3 is 5.97 Å². The zero-order chi connectivity index (χ0) is 22.2. The van der Waals surface area contributed by atoms with Crippen LogP contribution < -0.4 is 15.0 Å². The summed E-state index contributed by atoms with van der Waals surface area (Å²) in [7, 11) is 1.28. The summed E-state index contributed by atoms with van der Waals surface area (Å²) in [4.78, 5) is 25.5. The van der Waals surface area contributed by atoms with Crippen molar-refractivity contribution in [1.29, 1.82) is 0 Å². The number of methoxy groups -OCH3 is 1. The van der Waals surface area contributed by atoms with Gasteiger partial charge in [-0.3, -0.25) is 9.59 Å². The molecule has 0 radical (unpaired) electrons. The van der Waals surface area contributed by atoms with Gasteiger partial charge in [0.05, 0.1) is 19.8 Å². The highest BCUT2D eigenvalue weighted by molar-refractivity contribution is 5.94. The van der Waals surface area contributed by atoms with Crippen molar-refractivity contribution in [2.75, 3.05) is 31.7 Å². The second-order valence-electron chi connectivity index (χ2n) is 7.90. The van der Waals surface area contributed by atoms with Crippen LogP contribution in [0.25, 0.3) is 0 Å². The number of benzene rings is 2. The molecule has 166 valence electrons. The van der Waals surface area contributed by atoms with Gasteiger partial charge in [-0.2, -0.15) is 0 Å². The summed E-state index contributed by atoms with van der Waals surface area (Å²) >= 11 is 0. The van der Waals surface area contributed by atoms with Crippen LogP contribution in [0.3, 0.4) is 0 Å². The minimum atomic E-state index is -0.531. The third-order valence-electron chi connectivity index (χ3n) is 5.83. The highest BCUT2D eigenvalue weighted by Crippen LogP contribution is 2.31. The lowest BCUT2D eigenvalue weighted by atomic mass is 9.88. The van der Waals surface area contributed by atoms with E-state index in [0.29, 0.717) is 12.5 Å². The first-order valence-corrected chi connectivity index (χ1v) is 10.9. The third-order valence-corrected chi connectivity index (χ3v) is 5.83. The van der Waals surface area contributed by atoms with E-state index in [0.717, 1.165) is 37.2 Å². The van der Waals surface area contributed by atoms with E-state index in [1.807, 2.05) is 26.0 Å². The molecule has 1 aliphatic rings. The maximum Gasteiger partial charge on any atom is 0.315 e. The molecule has 1 fully saturated rings. The number of hydrogen-bond donors (Lipinski definition) is 1. The van der Waals surface area contributed by atoms with E-state index in [2.05, 4.69) is 51.4 Å². The van der Waals surface area contributed by atoms with Gasteiger partial charge in [-0.1, -0.05) is 24.3 Å². The molecule has 1 saturated heterocycles. The smallest absolute Gasteiger partial charge is 0.315 e. The van der Waals surface area contributed by atoms with Gasteiger partial charge in [-0.15, -0.1) is 0 Å². The molecule has 2 aromatic rings. The average Bonchev–Trinajstić information content (AvgIpc) is 2.80. The molecule has 1 aliphatic heterocycles. The molecule has 2 aromatic carbocycles. The molecule has 1 N–H and O–H groups in total. The number of nitrogens with zero attached hydrogens (tertiary/aromatic N) is 1. The molecule has 31 heavy (non-hydrogen) atoms. The van der Waals surface area contributed by atoms with Crippen LogP contribution in [0.1, 0.15) is 56.2 Å². The first-order valence-electron chi connectivity index (χ1n) is 10.9. The SMILES string of the molecule is CCOc1ccc(N2CCC(c3ccc(C(C)NC(=O)CC(=O)OC)cc3)CC2)cc1. The lowest BCUT2D eigenvalue weighted by molar-refractivity contribution is -0.143. The summed E-state index contributed by atoms with van der Waals surface area (Å²) in [5, 5.41) is 2.84. The van der Waals surface area contributed by atoms with Crippen molar-refractivity contribution in [3.05, 3.63) is 59.7 Å². The van der Waals surface area contributed by atoms with E-state index in [4.69, 9.17) is 4.74 Å². The topological polar surface area (TPSA) is 67.9 Å². The number of carbonyl (C=O) groups excluding carboxylic acids is 2. The number of hydrogen-bond acceptors (Lipinski definition) is 5. The summed E-state index contributed by atoms with van der Waals surface area (Å²) in [6.45, 7) is 6.65. The van der Waals surface area contributed by atoms with Gasteiger partial charge in [-0.05, 0) is 68.0 Å². The van der Waals surface area contributed by atoms with Gasteiger partial charge < -0.3 is 19.7 Å². The van der Waals surface area contributed by atoms with E-state index in [1.165, 1.54) is 18.4 Å². The Kier molecular flexibility index (Phi) is 7.93. The molecule has 0 aliphatic carbocycles. The van der Waals surface area contributed by atoms with Crippen molar-refractivity contribution in [3.63, 3.8) is 0 Å². The number of rotatable bonds is 8. The van der Waals surface area contributed by atoms with Crippen LogP contribution in [0.2, 0.25) is 0 Å². The van der Waals surface area contributed by atoms with E-state index in [9.17, 15) is 9.59 Å². The number of nitrogens with one attached hydrogen (secondary N) is 1. The van der Waals surface area contributed by atoms with Gasteiger partial charge in [0.1, 0.15) is 12.2 Å². The number of carbonyl (C=O) groups is 2. The molecule has 1 heterocycles. The number of piperidine rings is 1. The quantitative estimate of drug-likeness (QED) is 0.508. The maximum atomic E-state index is 11.9. The third kappa shape index (κ3) is 6.23. The van der Waals surface area contributed by atoms with Crippen LogP contribution in [0.5, 0.6) is 5.75 Å². The fourth-order valence-corrected chi connectivity index (χ4v) is 4.03. The first kappa shape index (κ1) is 22.7. The van der Waals surface area contributed by atoms with E-state index < -0.39 is 5.97 Å². The van der Waals surface area contributed by atoms with Crippen molar-refractivity contribution in [2.24, 2.45) is 0 Å². The van der Waals surface area contributed by atoms with Crippen molar-refractivity contribution in [1.82, 2.24) is 5.32 Å². The summed E-state index contributed by atoms with van der Waals surface area (Å²) in [6, 6.07) is 16.6. The number of anilines is 1. The monoisotopic (exact) mass is 424 g/mol. The molecular weight excluding hydrogens is 392 g/mol. The average molecular weight is 425 g/mol. The summed E-state index contributed by atoms with van der Waals surface area (Å²) in [5.41, 5.74) is 3.60. The van der Waals surface area contributed by atoms with Gasteiger partial charge in [0.2, 0.25) is 5.91 Å². The fraction of sp³-hybridized carbons (Fsp3) is 0.440. The second-order valence-corrected chi connectivity index (χ2v) is 7.90. The van der Waals surface area contributed by atoms with Gasteiger partial charge in [0.15, 0.2) is 0 Å². The minimum absolute atomic E-state index is 0.160. The molecule has 1 atom stereocenters. The Balaban J connectivity index is 1.51. The second kappa shape index (κ2) is 10.8. The Hall–Kier alpha value is -3.02. The van der Waals surface area contributed by atoms with Crippen LogP contribution >= 0.6 is 0 Å². The molecule has 0 saturated carbocycles. The Labute approximate surface area is 184 Å². The fourth-order valence-electron chi connectivity index (χ4n) is 4.03. The van der Waals surface area contributed by atoms with Crippen LogP contribution in [-0.2, 0) is 14.3 Å². The standard InChI is InChI=1S/C25H32N2O4/c1-4-31-23-11-9-22(10-12-23)27-15-13-21(14-16-27)20-7-5-19(6-8-20)18(2)26-24(28)17-25(29)30-3/h5-12,18,21H,4,13-17H2,1-3H3,(H,26,28). The molecule has 0 bridgehead atoms. The molecule has 0 aromatic heterocycles. The largest absolute Gasteiger partial charge is 0.494 e. The highest BCUT2D eigenvalue weighted by atomic mass is 16.5. The molecule has 1 unspecified atom stereocenters. The van der Waals surface area contributed by atoms with E-state index in [1.54, 1.807) is 0 Å². The zero-order valence-corrected chi connectivity index (χ0v) is 18.6. The normalized spacial score (nSPS) is 15.3. The van der Waals surface area contributed by atoms with Gasteiger partial charge in [-0.25, -0.2) is 0 Å². The Bertz CT molecular complexity index is 856. The molecule has 6 nitrogen and oxygen atoms in total. The van der Waals surface area contributed by atoms with Crippen molar-refractivity contribution in [2.45, 2.75) is 45.1 Å². The highest BCUT2D eigenvalue weighted by Gasteiger charge is 2.21. The zero-order valence-electron chi connectivity index (χ0n) is 18.6. The molecule has 0 spiro atoms. The maximum absolute atomic E-state index is 11.9. The lowest BCUT2D eigenvalue weighted by Crippen LogP contribution is -2.32. The molecule has 3 rings (SSSR count). The van der Waals surface area contributed by atoms with Crippen LogP contribution in [0.4, 0.5) is 5.69 Å². The summed E-state index contributed by atoms with van der Waals surface area (Å²) in [6.07, 6.45) is 1.96. The Morgan fingerprint density at radius 1 is 1.06 bits per heavy atom. The first-order chi connectivity index (χ1) is 15.0. The van der Waals surface area contributed by atoms with Gasteiger partial charge in [0, 0.05) is 18.8 Å². The number of ether oxygens (including phenoxy) is 2. The summed E-state index contributed by atoms with van der Waals surface area (Å²) < 4.78 is 10.1. The van der Waals surface area contributed by atoms with E-state index in [-0.39, 0.29) is 18.4 Å². The lowest BCUT2D eigenvalue weighted by Gasteiger charge is -2.34. The van der Waals surface area contributed by atoms with Crippen molar-refractivity contribution in [3.8, 4) is 5.75 Å². The van der Waals surface area contributed by atoms with Crippen molar-refractivity contribution < 1.29 is 19.1 Å². The van der Waals surface area contributed by atoms with Gasteiger partial charge in [0.25, 0.3) is 0 Å². The number of esters is 1. The number of amides is 1.